The minimum absolute atomic E-state index is 0.0302. The van der Waals surface area contributed by atoms with Crippen LogP contribution in [0.2, 0.25) is 0 Å². The Morgan fingerprint density at radius 2 is 1.96 bits per heavy atom. The molecule has 2 amide bonds. The largest absolute Gasteiger partial charge is 0.355 e. The third kappa shape index (κ3) is 3.72. The second kappa shape index (κ2) is 6.71. The van der Waals surface area contributed by atoms with Gasteiger partial charge in [0.1, 0.15) is 0 Å². The lowest BCUT2D eigenvalue weighted by atomic mass is 9.99. The number of nitrogens with one attached hydrogen (secondary N) is 1. The molecule has 1 saturated carbocycles. The molecule has 2 atom stereocenters. The van der Waals surface area contributed by atoms with Crippen LogP contribution < -0.4 is 5.32 Å². The van der Waals surface area contributed by atoms with Gasteiger partial charge in [0.15, 0.2) is 0 Å². The van der Waals surface area contributed by atoms with Crippen molar-refractivity contribution < 1.29 is 9.59 Å². The highest BCUT2D eigenvalue weighted by Crippen LogP contribution is 2.40. The first kappa shape index (κ1) is 16.0. The average Bonchev–Trinajstić information content (AvgIpc) is 3.34. The van der Waals surface area contributed by atoms with Crippen LogP contribution in [0, 0.1) is 11.8 Å². The van der Waals surface area contributed by atoms with Gasteiger partial charge in [-0.05, 0) is 38.1 Å². The van der Waals surface area contributed by atoms with Crippen LogP contribution in [0.25, 0.3) is 0 Å². The normalized spacial score (nSPS) is 22.7. The van der Waals surface area contributed by atoms with Crippen LogP contribution in [0.3, 0.4) is 0 Å². The molecule has 1 aliphatic heterocycles. The van der Waals surface area contributed by atoms with Crippen LogP contribution in [0.4, 0.5) is 0 Å². The minimum Gasteiger partial charge on any atom is -0.355 e. The van der Waals surface area contributed by atoms with Gasteiger partial charge in [0.2, 0.25) is 11.8 Å². The zero-order valence-electron chi connectivity index (χ0n) is 13.9. The molecule has 1 aromatic carbocycles. The van der Waals surface area contributed by atoms with Crippen LogP contribution in [0.5, 0.6) is 0 Å². The third-order valence-electron chi connectivity index (χ3n) is 4.74. The van der Waals surface area contributed by atoms with E-state index in [2.05, 4.69) is 17.4 Å². The Balaban J connectivity index is 1.50. The molecule has 5 heteroatoms. The van der Waals surface area contributed by atoms with Gasteiger partial charge in [-0.2, -0.15) is 0 Å². The number of hydrogen-bond acceptors (Lipinski definition) is 3. The number of amides is 2. The van der Waals surface area contributed by atoms with Crippen molar-refractivity contribution in [3.63, 3.8) is 0 Å². The van der Waals surface area contributed by atoms with E-state index in [0.717, 1.165) is 19.5 Å². The number of carbonyl (C=O) groups is 2. The molecule has 1 N–H and O–H groups in total. The lowest BCUT2D eigenvalue weighted by Gasteiger charge is -2.29. The van der Waals surface area contributed by atoms with Crippen molar-refractivity contribution in [1.82, 2.24) is 15.1 Å². The zero-order chi connectivity index (χ0) is 16.4. The molecule has 23 heavy (non-hydrogen) atoms. The van der Waals surface area contributed by atoms with Crippen molar-refractivity contribution in [3.8, 4) is 0 Å². The van der Waals surface area contributed by atoms with Crippen molar-refractivity contribution in [2.75, 3.05) is 33.7 Å². The van der Waals surface area contributed by atoms with Gasteiger partial charge in [0, 0.05) is 26.2 Å². The monoisotopic (exact) mass is 315 g/mol. The minimum atomic E-state index is -0.123. The van der Waals surface area contributed by atoms with Crippen LogP contribution in [-0.2, 0) is 22.6 Å². The van der Waals surface area contributed by atoms with E-state index >= 15 is 0 Å². The molecule has 5 nitrogen and oxygen atoms in total. The zero-order valence-corrected chi connectivity index (χ0v) is 13.9. The Morgan fingerprint density at radius 3 is 2.70 bits per heavy atom. The first-order chi connectivity index (χ1) is 11.1. The van der Waals surface area contributed by atoms with E-state index in [9.17, 15) is 9.59 Å². The highest BCUT2D eigenvalue weighted by molar-refractivity contribution is 5.92. The molecule has 124 valence electrons. The molecule has 0 bridgehead atoms. The van der Waals surface area contributed by atoms with Gasteiger partial charge < -0.3 is 15.1 Å². The Morgan fingerprint density at radius 1 is 1.22 bits per heavy atom. The Labute approximate surface area is 137 Å². The Hall–Kier alpha value is -1.88. The highest BCUT2D eigenvalue weighted by atomic mass is 16.2. The van der Waals surface area contributed by atoms with E-state index in [-0.39, 0.29) is 23.7 Å². The van der Waals surface area contributed by atoms with Crippen molar-refractivity contribution in [2.45, 2.75) is 19.4 Å². The Kier molecular flexibility index (Phi) is 4.66. The first-order valence-electron chi connectivity index (χ1n) is 8.34. The summed E-state index contributed by atoms with van der Waals surface area (Å²) in [5.74, 6) is -0.0590. The number of benzene rings is 1. The topological polar surface area (TPSA) is 52.7 Å². The van der Waals surface area contributed by atoms with Crippen LogP contribution >= 0.6 is 0 Å². The van der Waals surface area contributed by atoms with Gasteiger partial charge >= 0.3 is 0 Å². The first-order valence-corrected chi connectivity index (χ1v) is 8.34. The molecule has 0 saturated heterocycles. The van der Waals surface area contributed by atoms with Crippen molar-refractivity contribution in [2.24, 2.45) is 11.8 Å². The van der Waals surface area contributed by atoms with Crippen molar-refractivity contribution in [3.05, 3.63) is 35.4 Å². The van der Waals surface area contributed by atoms with E-state index in [0.29, 0.717) is 19.5 Å². The van der Waals surface area contributed by atoms with Gasteiger partial charge in [-0.25, -0.2) is 0 Å². The molecule has 1 aliphatic carbocycles. The molecule has 0 aromatic heterocycles. The van der Waals surface area contributed by atoms with E-state index in [1.54, 1.807) is 0 Å². The second-order valence-corrected chi connectivity index (χ2v) is 6.82. The fourth-order valence-corrected chi connectivity index (χ4v) is 3.21. The summed E-state index contributed by atoms with van der Waals surface area (Å²) in [7, 11) is 3.95. The van der Waals surface area contributed by atoms with Crippen molar-refractivity contribution in [1.29, 1.82) is 0 Å². The number of nitrogens with zero attached hydrogens (tertiary/aromatic N) is 2. The smallest absolute Gasteiger partial charge is 0.226 e. The molecule has 1 heterocycles. The molecule has 2 aliphatic rings. The fraction of sp³-hybridized carbons (Fsp3) is 0.556. The molecule has 0 radical (unpaired) electrons. The van der Waals surface area contributed by atoms with Crippen LogP contribution in [0.1, 0.15) is 17.5 Å². The quantitative estimate of drug-likeness (QED) is 0.878. The predicted octanol–water partition coefficient (Wildman–Crippen LogP) is 0.885. The summed E-state index contributed by atoms with van der Waals surface area (Å²) in [6, 6.07) is 8.29. The SMILES string of the molecule is CN(C)CCNC(=O)C1CC1C(=O)N1CCc2ccccc2C1. The molecule has 1 aromatic rings. The van der Waals surface area contributed by atoms with E-state index in [1.807, 2.05) is 36.0 Å². The summed E-state index contributed by atoms with van der Waals surface area (Å²) in [6.45, 7) is 2.90. The summed E-state index contributed by atoms with van der Waals surface area (Å²) in [5.41, 5.74) is 2.57. The summed E-state index contributed by atoms with van der Waals surface area (Å²) in [4.78, 5) is 28.6. The molecular formula is C18H25N3O2. The molecule has 2 unspecified atom stereocenters. The maximum absolute atomic E-state index is 12.6. The molecule has 0 spiro atoms. The lowest BCUT2D eigenvalue weighted by Crippen LogP contribution is -2.38. The summed E-state index contributed by atoms with van der Waals surface area (Å²) in [6.07, 6.45) is 1.61. The summed E-state index contributed by atoms with van der Waals surface area (Å²) < 4.78 is 0. The fourth-order valence-electron chi connectivity index (χ4n) is 3.21. The Bertz CT molecular complexity index is 600. The second-order valence-electron chi connectivity index (χ2n) is 6.82. The third-order valence-corrected chi connectivity index (χ3v) is 4.74. The van der Waals surface area contributed by atoms with Gasteiger partial charge in [0.05, 0.1) is 11.8 Å². The predicted molar refractivity (Wildman–Crippen MR) is 88.7 cm³/mol. The van der Waals surface area contributed by atoms with Crippen LogP contribution in [-0.4, -0.2) is 55.3 Å². The standard InChI is InChI=1S/C18H25N3O2/c1-20(2)10-8-19-17(22)15-11-16(15)18(23)21-9-7-13-5-3-4-6-14(13)12-21/h3-6,15-16H,7-12H2,1-2H3,(H,19,22). The maximum Gasteiger partial charge on any atom is 0.226 e. The molecular weight excluding hydrogens is 290 g/mol. The number of hydrogen-bond donors (Lipinski definition) is 1. The van der Waals surface area contributed by atoms with Crippen molar-refractivity contribution >= 4 is 11.8 Å². The van der Waals surface area contributed by atoms with E-state index in [4.69, 9.17) is 0 Å². The van der Waals surface area contributed by atoms with Gasteiger partial charge in [-0.15, -0.1) is 0 Å². The average molecular weight is 315 g/mol. The number of likely N-dealkylation sites (N-methyl/N-ethyl adjacent to an activating group) is 1. The van der Waals surface area contributed by atoms with Crippen LogP contribution in [0.15, 0.2) is 24.3 Å². The molecule has 3 rings (SSSR count). The lowest BCUT2D eigenvalue weighted by molar-refractivity contribution is -0.135. The van der Waals surface area contributed by atoms with Gasteiger partial charge in [-0.3, -0.25) is 9.59 Å². The summed E-state index contributed by atoms with van der Waals surface area (Å²) in [5, 5.41) is 2.93. The molecule has 1 fully saturated rings. The number of rotatable bonds is 5. The number of fused-ring (bicyclic) bond motifs is 1. The van der Waals surface area contributed by atoms with Gasteiger partial charge in [0.25, 0.3) is 0 Å². The van der Waals surface area contributed by atoms with E-state index in [1.165, 1.54) is 11.1 Å². The highest BCUT2D eigenvalue weighted by Gasteiger charge is 2.49. The summed E-state index contributed by atoms with van der Waals surface area (Å²) >= 11 is 0. The number of carbonyl (C=O) groups excluding carboxylic acids is 2. The maximum atomic E-state index is 12.6. The van der Waals surface area contributed by atoms with Gasteiger partial charge in [-0.1, -0.05) is 24.3 Å². The van der Waals surface area contributed by atoms with E-state index < -0.39 is 0 Å².